The van der Waals surface area contributed by atoms with Crippen LogP contribution in [0.3, 0.4) is 0 Å². The highest BCUT2D eigenvalue weighted by Gasteiger charge is 2.31. The summed E-state index contributed by atoms with van der Waals surface area (Å²) in [4.78, 5) is 0. The van der Waals surface area contributed by atoms with Crippen LogP contribution in [0.1, 0.15) is 20.8 Å². The van der Waals surface area contributed by atoms with E-state index >= 15 is 0 Å². The van der Waals surface area contributed by atoms with E-state index in [9.17, 15) is 4.57 Å². The van der Waals surface area contributed by atoms with Crippen molar-refractivity contribution in [3.05, 3.63) is 0 Å². The summed E-state index contributed by atoms with van der Waals surface area (Å²) >= 11 is 0. The molecule has 3 atom stereocenters. The molecular weight excluding hydrogens is 371 g/mol. The van der Waals surface area contributed by atoms with Gasteiger partial charge in [0.2, 0.25) is 0 Å². The Bertz CT molecular complexity index is 318. The second-order valence-corrected chi connectivity index (χ2v) is 6.37. The molecule has 0 aliphatic carbocycles. The van der Waals surface area contributed by atoms with Crippen molar-refractivity contribution < 1.29 is 46.6 Å². The van der Waals surface area contributed by atoms with Crippen LogP contribution in [0.15, 0.2) is 0 Å². The van der Waals surface area contributed by atoms with Gasteiger partial charge < -0.3 is 28.4 Å². The van der Waals surface area contributed by atoms with Gasteiger partial charge in [0.05, 0.1) is 0 Å². The monoisotopic (exact) mass is 404 g/mol. The van der Waals surface area contributed by atoms with E-state index in [1.54, 1.807) is 20.8 Å². The Kier molecular flexibility index (Phi) is 15.8. The average Bonchev–Trinajstić information content (AvgIpc) is 2.65. The van der Waals surface area contributed by atoms with Crippen LogP contribution in [-0.4, -0.2) is 79.8 Å². The van der Waals surface area contributed by atoms with E-state index in [2.05, 4.69) is 0 Å². The van der Waals surface area contributed by atoms with Crippen LogP contribution >= 0.6 is 7.82 Å². The van der Waals surface area contributed by atoms with Crippen molar-refractivity contribution in [1.29, 1.82) is 0 Å². The predicted molar refractivity (Wildman–Crippen MR) is 92.7 cm³/mol. The van der Waals surface area contributed by atoms with Crippen LogP contribution in [0.4, 0.5) is 0 Å². The third-order valence-corrected chi connectivity index (χ3v) is 4.35. The molecule has 26 heavy (non-hydrogen) atoms. The molecule has 0 amide bonds. The minimum atomic E-state index is -3.97. The van der Waals surface area contributed by atoms with Crippen molar-refractivity contribution in [2.75, 3.05) is 61.0 Å². The highest BCUT2D eigenvalue weighted by molar-refractivity contribution is 7.48. The van der Waals surface area contributed by atoms with Crippen molar-refractivity contribution in [1.82, 2.24) is 0 Å². The lowest BCUT2D eigenvalue weighted by Gasteiger charge is -2.24. The molecule has 0 saturated carbocycles. The van der Waals surface area contributed by atoms with Gasteiger partial charge in [0.1, 0.15) is 19.8 Å². The van der Waals surface area contributed by atoms with Gasteiger partial charge in [-0.15, -0.1) is 0 Å². The molecule has 0 aliphatic rings. The minimum absolute atomic E-state index is 0.153. The Balaban J connectivity index is 4.84. The van der Waals surface area contributed by atoms with E-state index in [1.165, 1.54) is 21.3 Å². The molecule has 3 unspecified atom stereocenters. The molecule has 0 aliphatic heterocycles. The van der Waals surface area contributed by atoms with Gasteiger partial charge in [-0.2, -0.15) is 0 Å². The first kappa shape index (κ1) is 25.9. The largest absolute Gasteiger partial charge is 0.475 e. The standard InChI is InChI=1S/C15H33O10P/c1-7-20-13(17-4)10-23-26(16,24-11-14(18-5)21-8-2)25-12-15(19-6)22-9-3/h13-15H,7-12H2,1-6H3. The summed E-state index contributed by atoms with van der Waals surface area (Å²) in [7, 11) is 0.369. The molecule has 0 rings (SSSR count). The highest BCUT2D eigenvalue weighted by atomic mass is 31.2. The number of hydrogen-bond donors (Lipinski definition) is 0. The average molecular weight is 404 g/mol. The Morgan fingerprint density at radius 1 is 0.615 bits per heavy atom. The van der Waals surface area contributed by atoms with E-state index < -0.39 is 26.7 Å². The zero-order chi connectivity index (χ0) is 19.8. The van der Waals surface area contributed by atoms with E-state index in [1.807, 2.05) is 0 Å². The second kappa shape index (κ2) is 15.9. The zero-order valence-corrected chi connectivity index (χ0v) is 17.4. The maximum absolute atomic E-state index is 12.9. The summed E-state index contributed by atoms with van der Waals surface area (Å²) in [5, 5.41) is 0. The maximum atomic E-state index is 12.9. The number of hydrogen-bond acceptors (Lipinski definition) is 10. The molecule has 0 aromatic rings. The van der Waals surface area contributed by atoms with Gasteiger partial charge in [0.25, 0.3) is 0 Å². The van der Waals surface area contributed by atoms with Crippen molar-refractivity contribution in [2.24, 2.45) is 0 Å². The Hall–Kier alpha value is -0.130. The van der Waals surface area contributed by atoms with E-state index in [4.69, 9.17) is 42.0 Å². The number of methoxy groups -OCH3 is 3. The van der Waals surface area contributed by atoms with Crippen LogP contribution in [0.25, 0.3) is 0 Å². The molecule has 0 aromatic carbocycles. The maximum Gasteiger partial charge on any atom is 0.475 e. The zero-order valence-electron chi connectivity index (χ0n) is 16.5. The molecule has 11 heteroatoms. The summed E-state index contributed by atoms with van der Waals surface area (Å²) in [5.41, 5.74) is 0. The molecular formula is C15H33O10P. The summed E-state index contributed by atoms with van der Waals surface area (Å²) < 4.78 is 59.9. The van der Waals surface area contributed by atoms with Gasteiger partial charge in [-0.1, -0.05) is 0 Å². The van der Waals surface area contributed by atoms with Crippen LogP contribution in [0.5, 0.6) is 0 Å². The van der Waals surface area contributed by atoms with Crippen molar-refractivity contribution >= 4 is 7.82 Å². The fraction of sp³-hybridized carbons (Fsp3) is 1.00. The van der Waals surface area contributed by atoms with Gasteiger partial charge in [0, 0.05) is 41.2 Å². The molecule has 158 valence electrons. The first-order valence-corrected chi connectivity index (χ1v) is 9.91. The minimum Gasteiger partial charge on any atom is -0.354 e. The first-order chi connectivity index (χ1) is 12.5. The lowest BCUT2D eigenvalue weighted by Crippen LogP contribution is -2.26. The first-order valence-electron chi connectivity index (χ1n) is 8.45. The predicted octanol–water partition coefficient (Wildman–Crippen LogP) is 2.17. The topological polar surface area (TPSA) is 100 Å². The lowest BCUT2D eigenvalue weighted by molar-refractivity contribution is -0.160. The van der Waals surface area contributed by atoms with Crippen LogP contribution < -0.4 is 0 Å². The van der Waals surface area contributed by atoms with E-state index in [0.29, 0.717) is 19.8 Å². The summed E-state index contributed by atoms with van der Waals surface area (Å²) in [5.74, 6) is 0. The smallest absolute Gasteiger partial charge is 0.354 e. The number of phosphoric acid groups is 1. The molecule has 10 nitrogen and oxygen atoms in total. The fourth-order valence-corrected chi connectivity index (χ4v) is 2.81. The quantitative estimate of drug-likeness (QED) is 0.250. The third kappa shape index (κ3) is 11.6. The lowest BCUT2D eigenvalue weighted by atomic mass is 10.7. The van der Waals surface area contributed by atoms with Crippen LogP contribution in [0, 0.1) is 0 Å². The Morgan fingerprint density at radius 2 is 0.885 bits per heavy atom. The van der Waals surface area contributed by atoms with Gasteiger partial charge in [-0.05, 0) is 20.8 Å². The number of rotatable bonds is 18. The number of ether oxygens (including phenoxy) is 6. The molecule has 0 fully saturated rings. The molecule has 0 radical (unpaired) electrons. The third-order valence-electron chi connectivity index (χ3n) is 2.95. The van der Waals surface area contributed by atoms with Gasteiger partial charge >= 0.3 is 7.82 Å². The molecule has 0 heterocycles. The van der Waals surface area contributed by atoms with Crippen molar-refractivity contribution in [2.45, 2.75) is 39.6 Å². The van der Waals surface area contributed by atoms with Gasteiger partial charge in [-0.3, -0.25) is 13.6 Å². The van der Waals surface area contributed by atoms with Crippen molar-refractivity contribution in [3.63, 3.8) is 0 Å². The molecule has 0 saturated heterocycles. The summed E-state index contributed by atoms with van der Waals surface area (Å²) in [6, 6.07) is 0. The van der Waals surface area contributed by atoms with E-state index in [-0.39, 0.29) is 19.8 Å². The molecule has 0 aromatic heterocycles. The Labute approximate surface area is 155 Å². The van der Waals surface area contributed by atoms with Crippen LogP contribution in [0.2, 0.25) is 0 Å². The highest BCUT2D eigenvalue weighted by Crippen LogP contribution is 2.50. The van der Waals surface area contributed by atoms with E-state index in [0.717, 1.165) is 0 Å². The second-order valence-electron chi connectivity index (χ2n) is 4.70. The van der Waals surface area contributed by atoms with Crippen molar-refractivity contribution in [3.8, 4) is 0 Å². The molecule has 0 N–H and O–H groups in total. The fourth-order valence-electron chi connectivity index (χ4n) is 1.68. The Morgan fingerprint density at radius 3 is 1.08 bits per heavy atom. The van der Waals surface area contributed by atoms with Gasteiger partial charge in [0.15, 0.2) is 18.9 Å². The van der Waals surface area contributed by atoms with Crippen LogP contribution in [-0.2, 0) is 46.6 Å². The summed E-state index contributed by atoms with van der Waals surface area (Å²) in [6.07, 6.45) is -2.14. The normalized spacial score (nSPS) is 17.6. The molecule has 0 bridgehead atoms. The SMILES string of the molecule is CCOC(COP(=O)(OCC(OC)OCC)OCC(OC)OCC)OC. The summed E-state index contributed by atoms with van der Waals surface area (Å²) in [6.45, 7) is 6.15. The molecule has 0 spiro atoms. The van der Waals surface area contributed by atoms with Gasteiger partial charge in [-0.25, -0.2) is 4.57 Å². The number of phosphoric ester groups is 1.